The van der Waals surface area contributed by atoms with Crippen molar-refractivity contribution < 1.29 is 32.6 Å². The lowest BCUT2D eigenvalue weighted by Gasteiger charge is -2.33. The van der Waals surface area contributed by atoms with E-state index < -0.39 is 36.5 Å². The first-order chi connectivity index (χ1) is 11.3. The molecule has 1 aromatic carbocycles. The molecule has 2 rings (SSSR count). The summed E-state index contributed by atoms with van der Waals surface area (Å²) in [5.41, 5.74) is 0.0358. The number of carboxylic acid groups (broad SMARTS) is 1. The van der Waals surface area contributed by atoms with E-state index in [1.807, 2.05) is 0 Å². The van der Waals surface area contributed by atoms with Gasteiger partial charge in [0.15, 0.2) is 0 Å². The molecule has 24 heavy (non-hydrogen) atoms. The lowest BCUT2D eigenvalue weighted by atomic mass is 9.94. The van der Waals surface area contributed by atoms with E-state index in [-0.39, 0.29) is 31.7 Å². The van der Waals surface area contributed by atoms with Crippen molar-refractivity contribution in [2.24, 2.45) is 0 Å². The number of hydrogen-bond donors (Lipinski definition) is 1. The Morgan fingerprint density at radius 3 is 2.54 bits per heavy atom. The number of carbonyl (C=O) groups excluding carboxylic acids is 1. The van der Waals surface area contributed by atoms with Crippen LogP contribution in [-0.2, 0) is 14.3 Å². The smallest absolute Gasteiger partial charge is 0.396 e. The van der Waals surface area contributed by atoms with Crippen molar-refractivity contribution in [2.75, 3.05) is 19.7 Å². The highest BCUT2D eigenvalue weighted by Crippen LogP contribution is 2.37. The van der Waals surface area contributed by atoms with Gasteiger partial charge in [-0.3, -0.25) is 9.59 Å². The first-order valence-electron chi connectivity index (χ1n) is 7.50. The molecule has 0 spiro atoms. The average Bonchev–Trinajstić information content (AvgIpc) is 2.51. The minimum Gasteiger partial charge on any atom is -0.481 e. The van der Waals surface area contributed by atoms with Gasteiger partial charge in [0, 0.05) is 19.5 Å². The molecule has 1 amide bonds. The maximum atomic E-state index is 13.3. The summed E-state index contributed by atoms with van der Waals surface area (Å²) in [6.07, 6.45) is -6.22. The highest BCUT2D eigenvalue weighted by atomic mass is 19.4. The minimum absolute atomic E-state index is 0.00942. The molecule has 0 unspecified atom stereocenters. The fourth-order valence-corrected chi connectivity index (χ4v) is 2.68. The average molecular weight is 345 g/mol. The number of rotatable bonds is 5. The number of hydrogen-bond acceptors (Lipinski definition) is 3. The highest BCUT2D eigenvalue weighted by molar-refractivity contribution is 5.77. The van der Waals surface area contributed by atoms with Crippen LogP contribution in [0.3, 0.4) is 0 Å². The molecule has 8 heteroatoms. The molecule has 1 heterocycles. The van der Waals surface area contributed by atoms with E-state index in [4.69, 9.17) is 9.84 Å². The molecule has 1 aliphatic rings. The number of ether oxygens (including phenoxy) is 1. The molecule has 0 bridgehead atoms. The summed E-state index contributed by atoms with van der Waals surface area (Å²) < 4.78 is 45.2. The topological polar surface area (TPSA) is 66.8 Å². The summed E-state index contributed by atoms with van der Waals surface area (Å²) in [6, 6.07) is 7.29. The molecule has 132 valence electrons. The van der Waals surface area contributed by atoms with Gasteiger partial charge in [-0.05, 0) is 5.56 Å². The Kier molecular flexibility index (Phi) is 5.82. The van der Waals surface area contributed by atoms with Gasteiger partial charge in [-0.2, -0.15) is 13.2 Å². The fraction of sp³-hybridized carbons (Fsp3) is 0.500. The van der Waals surface area contributed by atoms with Crippen LogP contribution >= 0.6 is 0 Å². The first-order valence-corrected chi connectivity index (χ1v) is 7.50. The molecule has 0 radical (unpaired) electrons. The lowest BCUT2D eigenvalue weighted by Crippen LogP contribution is -2.47. The Bertz CT molecular complexity index is 576. The molecular formula is C16H18F3NO4. The number of halogens is 3. The Balaban J connectivity index is 2.06. The van der Waals surface area contributed by atoms with Crippen LogP contribution in [0.1, 0.15) is 24.3 Å². The van der Waals surface area contributed by atoms with Gasteiger partial charge >= 0.3 is 12.1 Å². The predicted octanol–water partition coefficient (Wildman–Crippen LogP) is 2.42. The van der Waals surface area contributed by atoms with Crippen LogP contribution in [0.5, 0.6) is 0 Å². The number of alkyl halides is 3. The van der Waals surface area contributed by atoms with E-state index in [1.165, 1.54) is 29.2 Å². The number of carboxylic acids is 1. The number of nitrogens with zero attached hydrogens (tertiary/aromatic N) is 1. The quantitative estimate of drug-likeness (QED) is 0.890. The standard InChI is InChI=1S/C16H18F3NO4/c17-16(18,19)13(11-4-2-1-3-5-11)9-14(21)20-6-7-24-12(10-20)8-15(22)23/h1-5,12-13H,6-10H2,(H,22,23)/t12-,13-/m0/s1. The van der Waals surface area contributed by atoms with Crippen molar-refractivity contribution in [3.63, 3.8) is 0 Å². The van der Waals surface area contributed by atoms with Gasteiger partial charge in [0.05, 0.1) is 25.0 Å². The minimum atomic E-state index is -4.54. The molecule has 1 fully saturated rings. The zero-order valence-corrected chi connectivity index (χ0v) is 12.8. The highest BCUT2D eigenvalue weighted by Gasteiger charge is 2.42. The van der Waals surface area contributed by atoms with E-state index in [0.717, 1.165) is 0 Å². The molecule has 5 nitrogen and oxygen atoms in total. The second-order valence-corrected chi connectivity index (χ2v) is 5.64. The molecule has 0 aliphatic carbocycles. The third-order valence-corrected chi connectivity index (χ3v) is 3.87. The summed E-state index contributed by atoms with van der Waals surface area (Å²) in [5, 5.41) is 8.76. The summed E-state index contributed by atoms with van der Waals surface area (Å²) in [7, 11) is 0. The second kappa shape index (κ2) is 7.65. The summed E-state index contributed by atoms with van der Waals surface area (Å²) >= 11 is 0. The second-order valence-electron chi connectivity index (χ2n) is 5.64. The van der Waals surface area contributed by atoms with Crippen molar-refractivity contribution in [1.82, 2.24) is 4.90 Å². The van der Waals surface area contributed by atoms with Gasteiger partial charge in [-0.25, -0.2) is 0 Å². The largest absolute Gasteiger partial charge is 0.481 e. The van der Waals surface area contributed by atoms with Gasteiger partial charge in [0.25, 0.3) is 0 Å². The van der Waals surface area contributed by atoms with Crippen LogP contribution in [-0.4, -0.2) is 53.9 Å². The van der Waals surface area contributed by atoms with E-state index in [1.54, 1.807) is 6.07 Å². The normalized spacial score (nSPS) is 19.8. The van der Waals surface area contributed by atoms with E-state index in [9.17, 15) is 22.8 Å². The maximum absolute atomic E-state index is 13.3. The number of morpholine rings is 1. The number of carbonyl (C=O) groups is 2. The molecule has 0 aromatic heterocycles. The number of benzene rings is 1. The van der Waals surface area contributed by atoms with E-state index in [0.29, 0.717) is 0 Å². The zero-order valence-electron chi connectivity index (χ0n) is 12.8. The number of amides is 1. The van der Waals surface area contributed by atoms with Gasteiger partial charge < -0.3 is 14.7 Å². The van der Waals surface area contributed by atoms with Crippen molar-refractivity contribution in [3.05, 3.63) is 35.9 Å². The summed E-state index contributed by atoms with van der Waals surface area (Å²) in [5.74, 6) is -3.61. The summed E-state index contributed by atoms with van der Waals surface area (Å²) in [4.78, 5) is 24.2. The van der Waals surface area contributed by atoms with Crippen LogP contribution in [0.2, 0.25) is 0 Å². The van der Waals surface area contributed by atoms with Crippen LogP contribution in [0.15, 0.2) is 30.3 Å². The third kappa shape index (κ3) is 4.95. The van der Waals surface area contributed by atoms with Gasteiger partial charge in [0.1, 0.15) is 0 Å². The van der Waals surface area contributed by atoms with Crippen LogP contribution in [0, 0.1) is 0 Å². The predicted molar refractivity (Wildman–Crippen MR) is 78.4 cm³/mol. The van der Waals surface area contributed by atoms with Crippen molar-refractivity contribution in [3.8, 4) is 0 Å². The third-order valence-electron chi connectivity index (χ3n) is 3.87. The monoisotopic (exact) mass is 345 g/mol. The Hall–Kier alpha value is -2.09. The van der Waals surface area contributed by atoms with Crippen molar-refractivity contribution >= 4 is 11.9 Å². The fourth-order valence-electron chi connectivity index (χ4n) is 2.68. The van der Waals surface area contributed by atoms with Crippen LogP contribution in [0.25, 0.3) is 0 Å². The van der Waals surface area contributed by atoms with E-state index in [2.05, 4.69) is 0 Å². The molecule has 0 saturated carbocycles. The van der Waals surface area contributed by atoms with Crippen molar-refractivity contribution in [1.29, 1.82) is 0 Å². The lowest BCUT2D eigenvalue weighted by molar-refractivity contribution is -0.163. The molecular weight excluding hydrogens is 327 g/mol. The van der Waals surface area contributed by atoms with E-state index >= 15 is 0 Å². The zero-order chi connectivity index (χ0) is 17.7. The SMILES string of the molecule is O=C(O)C[C@H]1CN(C(=O)C[C@@H](c2ccccc2)C(F)(F)F)CCO1. The van der Waals surface area contributed by atoms with Crippen LogP contribution in [0.4, 0.5) is 13.2 Å². The molecule has 1 aromatic rings. The first kappa shape index (κ1) is 18.3. The Labute approximate surface area is 137 Å². The van der Waals surface area contributed by atoms with Crippen LogP contribution < -0.4 is 0 Å². The molecule has 2 atom stereocenters. The van der Waals surface area contributed by atoms with Gasteiger partial charge in [-0.15, -0.1) is 0 Å². The van der Waals surface area contributed by atoms with Crippen molar-refractivity contribution in [2.45, 2.75) is 31.0 Å². The molecule has 1 saturated heterocycles. The maximum Gasteiger partial charge on any atom is 0.396 e. The Morgan fingerprint density at radius 1 is 1.29 bits per heavy atom. The summed E-state index contributed by atoms with van der Waals surface area (Å²) in [6.45, 7) is 0.268. The molecule has 1 N–H and O–H groups in total. The molecule has 1 aliphatic heterocycles. The van der Waals surface area contributed by atoms with Gasteiger partial charge in [0.2, 0.25) is 5.91 Å². The van der Waals surface area contributed by atoms with Gasteiger partial charge in [-0.1, -0.05) is 30.3 Å². The number of aliphatic carboxylic acids is 1. The Morgan fingerprint density at radius 2 is 1.96 bits per heavy atom.